The second-order valence-electron chi connectivity index (χ2n) is 4.44. The van der Waals surface area contributed by atoms with Gasteiger partial charge in [0.15, 0.2) is 0 Å². The van der Waals surface area contributed by atoms with Gasteiger partial charge in [-0.2, -0.15) is 0 Å². The van der Waals surface area contributed by atoms with Gasteiger partial charge in [-0.1, -0.05) is 12.2 Å². The topological polar surface area (TPSA) is 49.7 Å². The molecule has 1 rings (SSSR count). The van der Waals surface area contributed by atoms with Crippen LogP contribution in [-0.2, 0) is 4.74 Å². The molecule has 0 unspecified atom stereocenters. The summed E-state index contributed by atoms with van der Waals surface area (Å²) in [5.41, 5.74) is 0.306. The first-order chi connectivity index (χ1) is 6.42. The maximum Gasteiger partial charge on any atom is 0.109 e. The Bertz CT molecular complexity index is 227. The molecule has 1 fully saturated rings. The summed E-state index contributed by atoms with van der Waals surface area (Å²) in [6, 6.07) is 0. The van der Waals surface area contributed by atoms with Gasteiger partial charge in [0.2, 0.25) is 0 Å². The first-order valence-electron chi connectivity index (χ1n) is 4.99. The Labute approximate surface area is 85.4 Å². The highest BCUT2D eigenvalue weighted by Gasteiger charge is 2.45. The summed E-state index contributed by atoms with van der Waals surface area (Å²) >= 11 is 0. The van der Waals surface area contributed by atoms with Crippen molar-refractivity contribution in [1.29, 1.82) is 0 Å². The molecule has 0 aliphatic heterocycles. The highest BCUT2D eigenvalue weighted by Crippen LogP contribution is 2.37. The predicted molar refractivity (Wildman–Crippen MR) is 55.0 cm³/mol. The van der Waals surface area contributed by atoms with Gasteiger partial charge in [-0.3, -0.25) is 0 Å². The van der Waals surface area contributed by atoms with Crippen molar-refractivity contribution >= 4 is 0 Å². The Morgan fingerprint density at radius 3 is 2.50 bits per heavy atom. The van der Waals surface area contributed by atoms with Crippen LogP contribution in [0.2, 0.25) is 0 Å². The van der Waals surface area contributed by atoms with Crippen LogP contribution >= 0.6 is 0 Å². The van der Waals surface area contributed by atoms with E-state index in [-0.39, 0.29) is 5.92 Å². The van der Waals surface area contributed by atoms with E-state index < -0.39 is 17.8 Å². The summed E-state index contributed by atoms with van der Waals surface area (Å²) in [4.78, 5) is 0. The van der Waals surface area contributed by atoms with Crippen LogP contribution in [0.4, 0.5) is 0 Å². The largest absolute Gasteiger partial charge is 0.390 e. The van der Waals surface area contributed by atoms with E-state index in [1.54, 1.807) is 7.11 Å². The van der Waals surface area contributed by atoms with E-state index in [4.69, 9.17) is 4.74 Å². The number of ether oxygens (including phenoxy) is 1. The molecule has 3 heteroatoms. The summed E-state index contributed by atoms with van der Waals surface area (Å²) in [5, 5.41) is 19.8. The quantitative estimate of drug-likeness (QED) is 0.656. The smallest absolute Gasteiger partial charge is 0.109 e. The molecule has 0 spiro atoms. The lowest BCUT2D eigenvalue weighted by molar-refractivity contribution is -0.169. The molecule has 0 radical (unpaired) electrons. The van der Waals surface area contributed by atoms with Crippen LogP contribution in [0.3, 0.4) is 0 Å². The third-order valence-electron chi connectivity index (χ3n) is 3.41. The van der Waals surface area contributed by atoms with E-state index in [9.17, 15) is 10.2 Å². The maximum absolute atomic E-state index is 9.90. The van der Waals surface area contributed by atoms with Crippen LogP contribution < -0.4 is 0 Å². The summed E-state index contributed by atoms with van der Waals surface area (Å²) in [6.07, 6.45) is -0.0221. The first-order valence-corrected chi connectivity index (χ1v) is 4.99. The van der Waals surface area contributed by atoms with E-state index in [1.165, 1.54) is 0 Å². The zero-order valence-electron chi connectivity index (χ0n) is 9.16. The molecule has 0 saturated heterocycles. The molecule has 4 atom stereocenters. The Kier molecular flexibility index (Phi) is 3.35. The molecule has 14 heavy (non-hydrogen) atoms. The summed E-state index contributed by atoms with van der Waals surface area (Å²) in [6.45, 7) is 7.54. The van der Waals surface area contributed by atoms with Gasteiger partial charge < -0.3 is 14.9 Å². The van der Waals surface area contributed by atoms with Crippen LogP contribution in [0.15, 0.2) is 12.2 Å². The molecule has 3 nitrogen and oxygen atoms in total. The van der Waals surface area contributed by atoms with Gasteiger partial charge in [-0.05, 0) is 26.7 Å². The van der Waals surface area contributed by atoms with E-state index in [2.05, 4.69) is 6.58 Å². The Balaban J connectivity index is 2.79. The Morgan fingerprint density at radius 2 is 2.07 bits per heavy atom. The normalized spacial score (nSPS) is 43.6. The van der Waals surface area contributed by atoms with Crippen molar-refractivity contribution in [1.82, 2.24) is 0 Å². The summed E-state index contributed by atoms with van der Waals surface area (Å²) < 4.78 is 5.25. The van der Waals surface area contributed by atoms with Crippen molar-refractivity contribution in [2.75, 3.05) is 7.11 Å². The molecule has 0 bridgehead atoms. The van der Waals surface area contributed by atoms with Crippen LogP contribution in [0.25, 0.3) is 0 Å². The molecule has 0 aromatic rings. The van der Waals surface area contributed by atoms with Crippen LogP contribution in [0.1, 0.15) is 26.7 Å². The highest BCUT2D eigenvalue weighted by atomic mass is 16.5. The fourth-order valence-corrected chi connectivity index (χ4v) is 2.10. The molecule has 1 aliphatic carbocycles. The summed E-state index contributed by atoms with van der Waals surface area (Å²) in [5.74, 6) is -0.00627. The number of methoxy groups -OCH3 is 1. The second-order valence-corrected chi connectivity index (χ2v) is 4.44. The van der Waals surface area contributed by atoms with Gasteiger partial charge in [-0.25, -0.2) is 0 Å². The van der Waals surface area contributed by atoms with Crippen molar-refractivity contribution < 1.29 is 14.9 Å². The monoisotopic (exact) mass is 200 g/mol. The maximum atomic E-state index is 9.90. The van der Waals surface area contributed by atoms with Crippen molar-refractivity contribution in [2.45, 2.75) is 44.5 Å². The molecule has 0 aromatic heterocycles. The van der Waals surface area contributed by atoms with Gasteiger partial charge in [0.25, 0.3) is 0 Å². The fraction of sp³-hybridized carbons (Fsp3) is 0.818. The number of rotatable bonds is 2. The fourth-order valence-electron chi connectivity index (χ4n) is 2.10. The number of hydrogen-bond donors (Lipinski definition) is 2. The molecule has 0 heterocycles. The van der Waals surface area contributed by atoms with Crippen LogP contribution in [0.5, 0.6) is 0 Å². The Hall–Kier alpha value is -0.380. The minimum absolute atomic E-state index is 0.00627. The van der Waals surface area contributed by atoms with Crippen molar-refractivity contribution in [3.8, 4) is 0 Å². The number of hydrogen-bond acceptors (Lipinski definition) is 3. The number of aliphatic hydroxyl groups excluding tert-OH is 2. The van der Waals surface area contributed by atoms with Crippen LogP contribution in [-0.4, -0.2) is 35.1 Å². The average molecular weight is 200 g/mol. The predicted octanol–water partition coefficient (Wildman–Crippen LogP) is 1.10. The molecule has 0 aromatic carbocycles. The summed E-state index contributed by atoms with van der Waals surface area (Å²) in [7, 11) is 1.57. The second kappa shape index (κ2) is 4.01. The average Bonchev–Trinajstić information content (AvgIpc) is 2.14. The van der Waals surface area contributed by atoms with Crippen molar-refractivity contribution in [3.63, 3.8) is 0 Å². The molecule has 2 N–H and O–H groups in total. The van der Waals surface area contributed by atoms with E-state index in [1.807, 2.05) is 13.8 Å². The minimum Gasteiger partial charge on any atom is -0.390 e. The Morgan fingerprint density at radius 1 is 1.50 bits per heavy atom. The molecular weight excluding hydrogens is 180 g/mol. The lowest BCUT2D eigenvalue weighted by Crippen LogP contribution is -2.55. The van der Waals surface area contributed by atoms with E-state index in [0.717, 1.165) is 18.4 Å². The van der Waals surface area contributed by atoms with Crippen molar-refractivity contribution in [3.05, 3.63) is 12.2 Å². The van der Waals surface area contributed by atoms with Gasteiger partial charge in [0, 0.05) is 13.0 Å². The van der Waals surface area contributed by atoms with Crippen LogP contribution in [0, 0.1) is 5.92 Å². The van der Waals surface area contributed by atoms with Crippen molar-refractivity contribution in [2.24, 2.45) is 5.92 Å². The molecular formula is C11H20O3. The first kappa shape index (κ1) is 11.7. The van der Waals surface area contributed by atoms with Gasteiger partial charge in [-0.15, -0.1) is 0 Å². The standard InChI is InChI=1S/C11H20O3/c1-7(2)8-5-6-11(3,14-4)10(13)9(8)12/h8-10,12-13H,1,5-6H2,2-4H3/t8-,9-,10-,11+/m1/s1. The lowest BCUT2D eigenvalue weighted by atomic mass is 9.73. The molecule has 82 valence electrons. The third kappa shape index (κ3) is 1.85. The van der Waals surface area contributed by atoms with E-state index in [0.29, 0.717) is 0 Å². The zero-order chi connectivity index (χ0) is 10.9. The number of aliphatic hydroxyl groups is 2. The zero-order valence-corrected chi connectivity index (χ0v) is 9.16. The van der Waals surface area contributed by atoms with Gasteiger partial charge >= 0.3 is 0 Å². The van der Waals surface area contributed by atoms with Gasteiger partial charge in [0.05, 0.1) is 11.7 Å². The molecule has 1 saturated carbocycles. The SMILES string of the molecule is C=C(C)[C@H]1CC[C@](C)(OC)[C@H](O)[C@@H]1O. The minimum atomic E-state index is -0.831. The highest BCUT2D eigenvalue weighted by molar-refractivity contribution is 5.08. The van der Waals surface area contributed by atoms with Gasteiger partial charge in [0.1, 0.15) is 6.10 Å². The van der Waals surface area contributed by atoms with E-state index >= 15 is 0 Å². The third-order valence-corrected chi connectivity index (χ3v) is 3.41. The lowest BCUT2D eigenvalue weighted by Gasteiger charge is -2.44. The molecule has 0 amide bonds. The molecule has 1 aliphatic rings.